The number of aromatic nitrogens is 1. The van der Waals surface area contributed by atoms with Gasteiger partial charge in [-0.2, -0.15) is 0 Å². The number of rotatable bonds is 6. The van der Waals surface area contributed by atoms with Gasteiger partial charge in [0.2, 0.25) is 0 Å². The maximum atomic E-state index is 13.4. The molecule has 0 bridgehead atoms. The second-order valence-electron chi connectivity index (χ2n) is 4.10. The van der Waals surface area contributed by atoms with Crippen molar-refractivity contribution >= 4 is 11.3 Å². The lowest BCUT2D eigenvalue weighted by Gasteiger charge is -2.04. The second kappa shape index (κ2) is 6.61. The standard InChI is InChI=1S/C14H17FN2S/c1-2-14-17-12(10-18-14)9-16-8-7-11-5-3-4-6-13(11)15/h3-6,10,16H,2,7-9H2,1H3. The summed E-state index contributed by atoms with van der Waals surface area (Å²) in [5.74, 6) is -0.124. The first kappa shape index (κ1) is 13.2. The van der Waals surface area contributed by atoms with E-state index >= 15 is 0 Å². The van der Waals surface area contributed by atoms with Crippen LogP contribution in [-0.2, 0) is 19.4 Å². The van der Waals surface area contributed by atoms with Crippen LogP contribution < -0.4 is 5.32 Å². The van der Waals surface area contributed by atoms with Crippen LogP contribution in [0.3, 0.4) is 0 Å². The molecule has 0 amide bonds. The van der Waals surface area contributed by atoms with Crippen molar-refractivity contribution in [3.05, 3.63) is 51.7 Å². The van der Waals surface area contributed by atoms with Crippen LogP contribution in [0, 0.1) is 5.82 Å². The van der Waals surface area contributed by atoms with Gasteiger partial charge in [-0.15, -0.1) is 11.3 Å². The molecule has 0 saturated carbocycles. The second-order valence-corrected chi connectivity index (χ2v) is 5.05. The smallest absolute Gasteiger partial charge is 0.126 e. The molecule has 0 radical (unpaired) electrons. The zero-order valence-corrected chi connectivity index (χ0v) is 11.3. The van der Waals surface area contributed by atoms with E-state index < -0.39 is 0 Å². The van der Waals surface area contributed by atoms with Gasteiger partial charge < -0.3 is 5.32 Å². The van der Waals surface area contributed by atoms with Crippen LogP contribution >= 0.6 is 11.3 Å². The van der Waals surface area contributed by atoms with Gasteiger partial charge in [-0.1, -0.05) is 25.1 Å². The zero-order valence-electron chi connectivity index (χ0n) is 10.4. The Hall–Kier alpha value is -1.26. The normalized spacial score (nSPS) is 10.8. The van der Waals surface area contributed by atoms with Crippen molar-refractivity contribution in [2.45, 2.75) is 26.3 Å². The number of halogens is 1. The van der Waals surface area contributed by atoms with E-state index in [2.05, 4.69) is 22.6 Å². The van der Waals surface area contributed by atoms with Crippen molar-refractivity contribution in [2.75, 3.05) is 6.54 Å². The predicted molar refractivity (Wildman–Crippen MR) is 73.3 cm³/mol. The van der Waals surface area contributed by atoms with Gasteiger partial charge >= 0.3 is 0 Å². The molecule has 0 aliphatic rings. The first-order valence-electron chi connectivity index (χ1n) is 6.17. The van der Waals surface area contributed by atoms with Crippen LogP contribution in [0.1, 0.15) is 23.2 Å². The summed E-state index contributed by atoms with van der Waals surface area (Å²) in [5.41, 5.74) is 1.84. The predicted octanol–water partition coefficient (Wildman–Crippen LogP) is 3.18. The summed E-state index contributed by atoms with van der Waals surface area (Å²) >= 11 is 1.70. The molecule has 96 valence electrons. The van der Waals surface area contributed by atoms with Gasteiger partial charge in [-0.05, 0) is 31.0 Å². The van der Waals surface area contributed by atoms with Gasteiger partial charge in [-0.25, -0.2) is 9.37 Å². The highest BCUT2D eigenvalue weighted by Gasteiger charge is 2.01. The zero-order chi connectivity index (χ0) is 12.8. The third-order valence-electron chi connectivity index (χ3n) is 2.74. The highest BCUT2D eigenvalue weighted by Crippen LogP contribution is 2.10. The summed E-state index contributed by atoms with van der Waals surface area (Å²) in [6, 6.07) is 6.92. The minimum atomic E-state index is -0.124. The van der Waals surface area contributed by atoms with E-state index in [0.717, 1.165) is 30.8 Å². The van der Waals surface area contributed by atoms with E-state index in [1.54, 1.807) is 17.4 Å². The molecule has 4 heteroatoms. The van der Waals surface area contributed by atoms with Crippen LogP contribution in [0.4, 0.5) is 4.39 Å². The quantitative estimate of drug-likeness (QED) is 0.811. The number of hydrogen-bond acceptors (Lipinski definition) is 3. The van der Waals surface area contributed by atoms with Crippen molar-refractivity contribution in [2.24, 2.45) is 0 Å². The molecular weight excluding hydrogens is 247 g/mol. The lowest BCUT2D eigenvalue weighted by molar-refractivity contribution is 0.596. The fourth-order valence-corrected chi connectivity index (χ4v) is 2.48. The van der Waals surface area contributed by atoms with Crippen molar-refractivity contribution < 1.29 is 4.39 Å². The van der Waals surface area contributed by atoms with Crippen LogP contribution in [0.15, 0.2) is 29.6 Å². The van der Waals surface area contributed by atoms with Crippen molar-refractivity contribution in [1.82, 2.24) is 10.3 Å². The number of aryl methyl sites for hydroxylation is 1. The molecule has 1 N–H and O–H groups in total. The largest absolute Gasteiger partial charge is 0.311 e. The first-order valence-corrected chi connectivity index (χ1v) is 7.05. The van der Waals surface area contributed by atoms with Crippen LogP contribution in [0.5, 0.6) is 0 Å². The molecule has 1 heterocycles. The fraction of sp³-hybridized carbons (Fsp3) is 0.357. The average molecular weight is 264 g/mol. The summed E-state index contributed by atoms with van der Waals surface area (Å²) in [6.45, 7) is 3.62. The Labute approximate surface area is 111 Å². The Balaban J connectivity index is 1.74. The molecule has 2 aromatic rings. The van der Waals surface area contributed by atoms with Gasteiger partial charge in [-0.3, -0.25) is 0 Å². The molecule has 0 spiro atoms. The molecule has 0 saturated heterocycles. The maximum Gasteiger partial charge on any atom is 0.126 e. The van der Waals surface area contributed by atoms with Crippen LogP contribution in [0.25, 0.3) is 0 Å². The van der Waals surface area contributed by atoms with Gasteiger partial charge in [0.05, 0.1) is 10.7 Å². The minimum Gasteiger partial charge on any atom is -0.311 e. The summed E-state index contributed by atoms with van der Waals surface area (Å²) in [6.07, 6.45) is 1.69. The summed E-state index contributed by atoms with van der Waals surface area (Å²) in [4.78, 5) is 4.47. The summed E-state index contributed by atoms with van der Waals surface area (Å²) < 4.78 is 13.4. The third-order valence-corrected chi connectivity index (χ3v) is 3.78. The summed E-state index contributed by atoms with van der Waals surface area (Å²) in [5, 5.41) is 6.54. The van der Waals surface area contributed by atoms with E-state index in [-0.39, 0.29) is 5.82 Å². The van der Waals surface area contributed by atoms with Gasteiger partial charge in [0.15, 0.2) is 0 Å². The Morgan fingerprint density at radius 3 is 2.89 bits per heavy atom. The highest BCUT2D eigenvalue weighted by atomic mass is 32.1. The number of thiazole rings is 1. The van der Waals surface area contributed by atoms with E-state index in [4.69, 9.17) is 0 Å². The Bertz CT molecular complexity index is 496. The SMILES string of the molecule is CCc1nc(CNCCc2ccccc2F)cs1. The number of nitrogens with one attached hydrogen (secondary N) is 1. The van der Waals surface area contributed by atoms with Gasteiger partial charge in [0.1, 0.15) is 5.82 Å². The summed E-state index contributed by atoms with van der Waals surface area (Å²) in [7, 11) is 0. The lowest BCUT2D eigenvalue weighted by atomic mass is 10.1. The van der Waals surface area contributed by atoms with E-state index in [1.807, 2.05) is 12.1 Å². The maximum absolute atomic E-state index is 13.4. The third kappa shape index (κ3) is 3.62. The first-order chi connectivity index (χ1) is 8.79. The molecule has 0 atom stereocenters. The fourth-order valence-electron chi connectivity index (χ4n) is 1.73. The molecular formula is C14H17FN2S. The molecule has 0 aliphatic carbocycles. The molecule has 1 aromatic carbocycles. The van der Waals surface area contributed by atoms with Gasteiger partial charge in [0.25, 0.3) is 0 Å². The molecule has 2 nitrogen and oxygen atoms in total. The molecule has 0 fully saturated rings. The Kier molecular flexibility index (Phi) is 4.84. The lowest BCUT2D eigenvalue weighted by Crippen LogP contribution is -2.17. The Morgan fingerprint density at radius 2 is 2.17 bits per heavy atom. The topological polar surface area (TPSA) is 24.9 Å². The molecule has 0 unspecified atom stereocenters. The van der Waals surface area contributed by atoms with E-state index in [1.165, 1.54) is 11.1 Å². The highest BCUT2D eigenvalue weighted by molar-refractivity contribution is 7.09. The Morgan fingerprint density at radius 1 is 1.33 bits per heavy atom. The minimum absolute atomic E-state index is 0.124. The van der Waals surface area contributed by atoms with E-state index in [9.17, 15) is 4.39 Å². The number of benzene rings is 1. The molecule has 2 rings (SSSR count). The van der Waals surface area contributed by atoms with Crippen LogP contribution in [-0.4, -0.2) is 11.5 Å². The molecule has 1 aromatic heterocycles. The van der Waals surface area contributed by atoms with Crippen LogP contribution in [0.2, 0.25) is 0 Å². The number of hydrogen-bond donors (Lipinski definition) is 1. The van der Waals surface area contributed by atoms with Crippen molar-refractivity contribution in [1.29, 1.82) is 0 Å². The average Bonchev–Trinajstić information content (AvgIpc) is 2.84. The van der Waals surface area contributed by atoms with Gasteiger partial charge in [0, 0.05) is 11.9 Å². The molecule has 18 heavy (non-hydrogen) atoms. The monoisotopic (exact) mass is 264 g/mol. The van der Waals surface area contributed by atoms with Crippen molar-refractivity contribution in [3.63, 3.8) is 0 Å². The molecule has 0 aliphatic heterocycles. The number of nitrogens with zero attached hydrogens (tertiary/aromatic N) is 1. The van der Waals surface area contributed by atoms with Crippen molar-refractivity contribution in [3.8, 4) is 0 Å². The van der Waals surface area contributed by atoms with E-state index in [0.29, 0.717) is 6.42 Å².